The van der Waals surface area contributed by atoms with E-state index in [-0.39, 0.29) is 18.7 Å². The smallest absolute Gasteiger partial charge is 0.306 e. The first-order valence-corrected chi connectivity index (χ1v) is 11.6. The maximum atomic E-state index is 12.1. The fourth-order valence-corrected chi connectivity index (χ4v) is 3.46. The van der Waals surface area contributed by atoms with E-state index < -0.39 is 18.5 Å². The highest BCUT2D eigenvalue weighted by Gasteiger charge is 2.12. The number of aryl methyl sites for hydroxylation is 1. The highest BCUT2D eigenvalue weighted by molar-refractivity contribution is 9.10. The van der Waals surface area contributed by atoms with E-state index in [9.17, 15) is 14.4 Å². The Morgan fingerprint density at radius 1 is 0.824 bits per heavy atom. The minimum Gasteiger partial charge on any atom is -0.457 e. The molecule has 0 heterocycles. The molecule has 0 aromatic heterocycles. The van der Waals surface area contributed by atoms with Crippen LogP contribution in [0, 0.1) is 0 Å². The summed E-state index contributed by atoms with van der Waals surface area (Å²) in [7, 11) is 0. The van der Waals surface area contributed by atoms with Gasteiger partial charge in [0.25, 0.3) is 5.91 Å². The zero-order valence-corrected chi connectivity index (χ0v) is 20.3. The van der Waals surface area contributed by atoms with Crippen LogP contribution in [0.15, 0.2) is 77.3 Å². The van der Waals surface area contributed by atoms with E-state index in [1.165, 1.54) is 0 Å². The van der Waals surface area contributed by atoms with Crippen molar-refractivity contribution < 1.29 is 23.9 Å². The molecule has 176 valence electrons. The summed E-state index contributed by atoms with van der Waals surface area (Å²) in [5.41, 5.74) is 2.22. The Kier molecular flexibility index (Phi) is 9.22. The summed E-state index contributed by atoms with van der Waals surface area (Å²) in [5, 5.41) is 5.45. The van der Waals surface area contributed by atoms with Gasteiger partial charge in [-0.25, -0.2) is 0 Å². The lowest BCUT2D eigenvalue weighted by atomic mass is 10.1. The van der Waals surface area contributed by atoms with Crippen molar-refractivity contribution in [3.05, 3.63) is 82.8 Å². The van der Waals surface area contributed by atoms with Gasteiger partial charge in [-0.2, -0.15) is 0 Å². The number of para-hydroxylation sites is 1. The van der Waals surface area contributed by atoms with E-state index in [4.69, 9.17) is 9.47 Å². The van der Waals surface area contributed by atoms with Gasteiger partial charge in [0.15, 0.2) is 6.61 Å². The summed E-state index contributed by atoms with van der Waals surface area (Å²) in [6, 6.07) is 21.8. The molecule has 3 rings (SSSR count). The van der Waals surface area contributed by atoms with Crippen molar-refractivity contribution in [2.24, 2.45) is 0 Å². The average Bonchev–Trinajstić information content (AvgIpc) is 2.84. The van der Waals surface area contributed by atoms with Gasteiger partial charge in [-0.15, -0.1) is 0 Å². The Balaban J connectivity index is 1.37. The molecule has 0 aliphatic heterocycles. The quantitative estimate of drug-likeness (QED) is 0.331. The molecule has 0 aliphatic rings. The lowest BCUT2D eigenvalue weighted by Gasteiger charge is -2.11. The summed E-state index contributed by atoms with van der Waals surface area (Å²) in [4.78, 5) is 36.2. The molecule has 0 spiro atoms. The van der Waals surface area contributed by atoms with Crippen LogP contribution in [0.4, 0.5) is 11.4 Å². The standard InChI is InChI=1S/C26H25BrN2O5/c1-2-18-16-19(27)8-13-23(18)29-25(31)17-33-26(32)15-14-24(30)28-20-9-11-22(12-10-20)34-21-6-4-3-5-7-21/h3-13,16H,2,14-15,17H2,1H3,(H,28,30)(H,29,31). The van der Waals surface area contributed by atoms with Crippen molar-refractivity contribution in [1.82, 2.24) is 0 Å². The molecule has 0 saturated carbocycles. The molecule has 8 heteroatoms. The van der Waals surface area contributed by atoms with E-state index in [1.807, 2.05) is 49.4 Å². The molecule has 0 bridgehead atoms. The number of carbonyl (C=O) groups excluding carboxylic acids is 3. The Labute approximate surface area is 206 Å². The number of hydrogen-bond donors (Lipinski definition) is 2. The molecule has 3 aromatic carbocycles. The van der Waals surface area contributed by atoms with Crippen LogP contribution in [0.3, 0.4) is 0 Å². The van der Waals surface area contributed by atoms with Crippen LogP contribution in [0.25, 0.3) is 0 Å². The Bertz CT molecular complexity index is 1130. The predicted molar refractivity (Wildman–Crippen MR) is 134 cm³/mol. The molecule has 0 unspecified atom stereocenters. The summed E-state index contributed by atoms with van der Waals surface area (Å²) >= 11 is 3.40. The van der Waals surface area contributed by atoms with Gasteiger partial charge in [0, 0.05) is 22.3 Å². The largest absolute Gasteiger partial charge is 0.457 e. The first kappa shape index (κ1) is 25.0. The third-order valence-electron chi connectivity index (χ3n) is 4.76. The highest BCUT2D eigenvalue weighted by Crippen LogP contribution is 2.23. The van der Waals surface area contributed by atoms with Crippen LogP contribution >= 0.6 is 15.9 Å². The SMILES string of the molecule is CCc1cc(Br)ccc1NC(=O)COC(=O)CCC(=O)Nc1ccc(Oc2ccccc2)cc1. The van der Waals surface area contributed by atoms with Crippen molar-refractivity contribution in [3.63, 3.8) is 0 Å². The second kappa shape index (κ2) is 12.6. The van der Waals surface area contributed by atoms with Crippen molar-refractivity contribution in [1.29, 1.82) is 0 Å². The van der Waals surface area contributed by atoms with Crippen LogP contribution in [0.2, 0.25) is 0 Å². The Hall–Kier alpha value is -3.65. The minimum atomic E-state index is -0.622. The third kappa shape index (κ3) is 8.04. The van der Waals surface area contributed by atoms with Crippen LogP contribution in [-0.4, -0.2) is 24.4 Å². The molecule has 7 nitrogen and oxygen atoms in total. The normalized spacial score (nSPS) is 10.3. The van der Waals surface area contributed by atoms with E-state index in [0.717, 1.165) is 16.5 Å². The van der Waals surface area contributed by atoms with Gasteiger partial charge in [-0.05, 0) is 66.6 Å². The molecule has 0 radical (unpaired) electrons. The molecule has 0 saturated heterocycles. The van der Waals surface area contributed by atoms with Gasteiger partial charge in [0.05, 0.1) is 6.42 Å². The molecular weight excluding hydrogens is 500 g/mol. The fraction of sp³-hybridized carbons (Fsp3) is 0.192. The number of amides is 2. The third-order valence-corrected chi connectivity index (χ3v) is 5.25. The monoisotopic (exact) mass is 524 g/mol. The van der Waals surface area contributed by atoms with Gasteiger partial charge in [0.2, 0.25) is 5.91 Å². The molecule has 2 N–H and O–H groups in total. The second-order valence-electron chi connectivity index (χ2n) is 7.35. The van der Waals surface area contributed by atoms with Crippen molar-refractivity contribution in [2.45, 2.75) is 26.2 Å². The van der Waals surface area contributed by atoms with Crippen molar-refractivity contribution in [2.75, 3.05) is 17.2 Å². The van der Waals surface area contributed by atoms with Gasteiger partial charge in [-0.3, -0.25) is 14.4 Å². The number of benzene rings is 3. The lowest BCUT2D eigenvalue weighted by Crippen LogP contribution is -2.22. The first-order valence-electron chi connectivity index (χ1n) is 10.8. The van der Waals surface area contributed by atoms with Crippen LogP contribution in [-0.2, 0) is 25.5 Å². The Morgan fingerprint density at radius 2 is 1.53 bits per heavy atom. The molecule has 2 amide bonds. The molecule has 0 atom stereocenters. The molecule has 3 aromatic rings. The van der Waals surface area contributed by atoms with Gasteiger partial charge in [0.1, 0.15) is 11.5 Å². The molecule has 0 fully saturated rings. The van der Waals surface area contributed by atoms with E-state index in [1.54, 1.807) is 30.3 Å². The second-order valence-corrected chi connectivity index (χ2v) is 8.27. The number of halogens is 1. The number of anilines is 2. The minimum absolute atomic E-state index is 0.0601. The number of ether oxygens (including phenoxy) is 2. The van der Waals surface area contributed by atoms with Crippen LogP contribution in [0.1, 0.15) is 25.3 Å². The van der Waals surface area contributed by atoms with Gasteiger partial charge in [-0.1, -0.05) is 41.1 Å². The van der Waals surface area contributed by atoms with E-state index >= 15 is 0 Å². The van der Waals surface area contributed by atoms with E-state index in [0.29, 0.717) is 22.9 Å². The maximum absolute atomic E-state index is 12.1. The number of hydrogen-bond acceptors (Lipinski definition) is 5. The van der Waals surface area contributed by atoms with Crippen molar-refractivity contribution in [3.8, 4) is 11.5 Å². The average molecular weight is 525 g/mol. The number of nitrogens with one attached hydrogen (secondary N) is 2. The molecule has 34 heavy (non-hydrogen) atoms. The fourth-order valence-electron chi connectivity index (χ4n) is 3.05. The number of esters is 1. The molecular formula is C26H25BrN2O5. The van der Waals surface area contributed by atoms with Gasteiger partial charge < -0.3 is 20.1 Å². The van der Waals surface area contributed by atoms with Gasteiger partial charge >= 0.3 is 5.97 Å². The van der Waals surface area contributed by atoms with Crippen molar-refractivity contribution >= 4 is 45.1 Å². The predicted octanol–water partition coefficient (Wildman–Crippen LogP) is 5.70. The first-order chi connectivity index (χ1) is 16.4. The maximum Gasteiger partial charge on any atom is 0.306 e. The summed E-state index contributed by atoms with van der Waals surface area (Å²) < 4.78 is 11.6. The summed E-state index contributed by atoms with van der Waals surface area (Å²) in [6.45, 7) is 1.57. The summed E-state index contributed by atoms with van der Waals surface area (Å²) in [6.07, 6.45) is 0.551. The lowest BCUT2D eigenvalue weighted by molar-refractivity contribution is -0.147. The molecule has 0 aliphatic carbocycles. The number of rotatable bonds is 10. The summed E-state index contributed by atoms with van der Waals surface area (Å²) in [5.74, 6) is -0.0361. The highest BCUT2D eigenvalue weighted by atomic mass is 79.9. The number of carbonyl (C=O) groups is 3. The zero-order valence-electron chi connectivity index (χ0n) is 18.7. The zero-order chi connectivity index (χ0) is 24.3. The Morgan fingerprint density at radius 3 is 2.24 bits per heavy atom. The van der Waals surface area contributed by atoms with E-state index in [2.05, 4.69) is 26.6 Å². The van der Waals surface area contributed by atoms with Crippen LogP contribution in [0.5, 0.6) is 11.5 Å². The van der Waals surface area contributed by atoms with Crippen LogP contribution < -0.4 is 15.4 Å². The topological polar surface area (TPSA) is 93.7 Å².